The fourth-order valence-corrected chi connectivity index (χ4v) is 5.30. The maximum atomic E-state index is 13.6. The van der Waals surface area contributed by atoms with Gasteiger partial charge in [0, 0.05) is 50.8 Å². The standard InChI is InChI=1S/C27H31F6N9O/c1-5-41(15-21-7-6-8-43-21)23-18(11-22-16(2)36-39(3)24(22)34-23)14-42(25-35-38-40(4)37-25)13-17-9-19(26(28,29)30)12-20(10-17)27(31,32)33/h9-12,21H,5-8,13-15H2,1-4H3/t21-/m0/s1. The van der Waals surface area contributed by atoms with E-state index in [0.717, 1.165) is 23.9 Å². The quantitative estimate of drug-likeness (QED) is 0.243. The number of ether oxygens (including phenoxy) is 1. The van der Waals surface area contributed by atoms with Gasteiger partial charge in [-0.05, 0) is 61.7 Å². The average Bonchev–Trinajstić information content (AvgIpc) is 3.67. The number of halogens is 6. The van der Waals surface area contributed by atoms with Crippen LogP contribution in [0.5, 0.6) is 0 Å². The van der Waals surface area contributed by atoms with Gasteiger partial charge in [-0.25, -0.2) is 4.98 Å². The number of tetrazole rings is 1. The third-order valence-corrected chi connectivity index (χ3v) is 7.35. The molecule has 1 atom stereocenters. The monoisotopic (exact) mass is 611 g/mol. The molecular formula is C27H31F6N9O. The lowest BCUT2D eigenvalue weighted by atomic mass is 10.0. The van der Waals surface area contributed by atoms with Gasteiger partial charge in [0.05, 0.1) is 30.0 Å². The first-order chi connectivity index (χ1) is 20.2. The third-order valence-electron chi connectivity index (χ3n) is 7.35. The number of hydrogen-bond donors (Lipinski definition) is 0. The lowest BCUT2D eigenvalue weighted by Gasteiger charge is -2.29. The Labute approximate surface area is 243 Å². The second-order valence-electron chi connectivity index (χ2n) is 10.6. The van der Waals surface area contributed by atoms with E-state index in [4.69, 9.17) is 9.72 Å². The fraction of sp³-hybridized carbons (Fsp3) is 0.519. The number of hydrogen-bond acceptors (Lipinski definition) is 8. The Balaban J connectivity index is 1.60. The van der Waals surface area contributed by atoms with Crippen LogP contribution in [-0.2, 0) is 44.3 Å². The Morgan fingerprint density at radius 1 is 0.953 bits per heavy atom. The average molecular weight is 612 g/mol. The minimum Gasteiger partial charge on any atom is -0.376 e. The fourth-order valence-electron chi connectivity index (χ4n) is 5.30. The van der Waals surface area contributed by atoms with Crippen molar-refractivity contribution in [3.63, 3.8) is 0 Å². The first-order valence-corrected chi connectivity index (χ1v) is 13.7. The molecule has 4 aromatic rings. The van der Waals surface area contributed by atoms with E-state index in [1.54, 1.807) is 11.7 Å². The molecule has 0 unspecified atom stereocenters. The maximum absolute atomic E-state index is 13.6. The maximum Gasteiger partial charge on any atom is 0.416 e. The number of aromatic nitrogens is 7. The van der Waals surface area contributed by atoms with Crippen LogP contribution < -0.4 is 9.80 Å². The summed E-state index contributed by atoms with van der Waals surface area (Å²) in [6.07, 6.45) is -8.11. The number of rotatable bonds is 9. The second kappa shape index (κ2) is 11.6. The van der Waals surface area contributed by atoms with Gasteiger partial charge in [0.2, 0.25) is 0 Å². The van der Waals surface area contributed by atoms with Crippen LogP contribution in [0.3, 0.4) is 0 Å². The van der Waals surface area contributed by atoms with Crippen LogP contribution in [0.4, 0.5) is 38.1 Å². The zero-order chi connectivity index (χ0) is 31.1. The molecule has 0 spiro atoms. The second-order valence-corrected chi connectivity index (χ2v) is 10.6. The Kier molecular flexibility index (Phi) is 8.24. The lowest BCUT2D eigenvalue weighted by Crippen LogP contribution is -2.34. The van der Waals surface area contributed by atoms with Gasteiger partial charge in [-0.15, -0.1) is 5.10 Å². The van der Waals surface area contributed by atoms with E-state index >= 15 is 0 Å². The summed E-state index contributed by atoms with van der Waals surface area (Å²) < 4.78 is 89.3. The van der Waals surface area contributed by atoms with E-state index in [1.165, 1.54) is 16.7 Å². The van der Waals surface area contributed by atoms with Crippen LogP contribution in [0.25, 0.3) is 11.0 Å². The molecule has 5 rings (SSSR count). The van der Waals surface area contributed by atoms with Crippen LogP contribution in [0.2, 0.25) is 0 Å². The van der Waals surface area contributed by atoms with Crippen molar-refractivity contribution >= 4 is 22.8 Å². The van der Waals surface area contributed by atoms with Crippen LogP contribution in [0, 0.1) is 6.92 Å². The van der Waals surface area contributed by atoms with Gasteiger partial charge in [-0.2, -0.15) is 36.2 Å². The van der Waals surface area contributed by atoms with Crippen molar-refractivity contribution < 1.29 is 31.1 Å². The SMILES string of the molecule is CCN(C[C@@H]1CCCO1)c1nc2c(cc1CN(Cc1cc(C(F)(F)F)cc(C(F)(F)F)c1)c1nnn(C)n1)c(C)nn2C. The highest BCUT2D eigenvalue weighted by molar-refractivity contribution is 5.81. The Morgan fingerprint density at radius 2 is 1.65 bits per heavy atom. The highest BCUT2D eigenvalue weighted by Crippen LogP contribution is 2.37. The molecule has 3 aromatic heterocycles. The summed E-state index contributed by atoms with van der Waals surface area (Å²) in [5.41, 5.74) is -0.982. The largest absolute Gasteiger partial charge is 0.416 e. The molecule has 1 aliphatic heterocycles. The van der Waals surface area contributed by atoms with Crippen molar-refractivity contribution in [3.8, 4) is 0 Å². The summed E-state index contributed by atoms with van der Waals surface area (Å²) in [7, 11) is 3.29. The van der Waals surface area contributed by atoms with E-state index in [-0.39, 0.29) is 36.8 Å². The smallest absolute Gasteiger partial charge is 0.376 e. The number of alkyl halides is 6. The summed E-state index contributed by atoms with van der Waals surface area (Å²) in [5.74, 6) is 0.631. The molecule has 16 heteroatoms. The Bertz CT molecular complexity index is 1560. The van der Waals surface area contributed by atoms with Crippen molar-refractivity contribution in [2.24, 2.45) is 14.1 Å². The van der Waals surface area contributed by atoms with E-state index in [2.05, 4.69) is 25.4 Å². The van der Waals surface area contributed by atoms with Gasteiger partial charge >= 0.3 is 12.4 Å². The van der Waals surface area contributed by atoms with Crippen LogP contribution in [-0.4, -0.2) is 60.8 Å². The molecule has 1 aliphatic rings. The van der Waals surface area contributed by atoms with E-state index < -0.39 is 23.5 Å². The number of aryl methyl sites for hydroxylation is 3. The zero-order valence-corrected chi connectivity index (χ0v) is 24.0. The molecule has 0 N–H and O–H groups in total. The molecule has 0 radical (unpaired) electrons. The first kappa shape index (κ1) is 30.5. The Hall–Kier alpha value is -3.95. The number of fused-ring (bicyclic) bond motifs is 1. The zero-order valence-electron chi connectivity index (χ0n) is 24.0. The molecule has 4 heterocycles. The van der Waals surface area contributed by atoms with Crippen molar-refractivity contribution in [3.05, 3.63) is 52.2 Å². The molecule has 0 amide bonds. The molecule has 0 bridgehead atoms. The molecule has 1 saturated heterocycles. The van der Waals surface area contributed by atoms with Gasteiger partial charge in [-0.1, -0.05) is 5.10 Å². The molecule has 0 saturated carbocycles. The molecule has 0 aliphatic carbocycles. The predicted octanol–water partition coefficient (Wildman–Crippen LogP) is 5.05. The third kappa shape index (κ3) is 6.68. The van der Waals surface area contributed by atoms with Crippen molar-refractivity contribution in [1.29, 1.82) is 0 Å². The van der Waals surface area contributed by atoms with Crippen molar-refractivity contribution in [2.45, 2.75) is 58.2 Å². The van der Waals surface area contributed by atoms with Crippen LogP contribution in [0.15, 0.2) is 24.3 Å². The number of benzene rings is 1. The number of anilines is 2. The summed E-state index contributed by atoms with van der Waals surface area (Å²) in [4.78, 5) is 9.65. The summed E-state index contributed by atoms with van der Waals surface area (Å²) in [6.45, 7) is 5.27. The van der Waals surface area contributed by atoms with Crippen LogP contribution >= 0.6 is 0 Å². The first-order valence-electron chi connectivity index (χ1n) is 13.7. The lowest BCUT2D eigenvalue weighted by molar-refractivity contribution is -0.143. The minimum absolute atomic E-state index is 0.00206. The molecular weight excluding hydrogens is 580 g/mol. The van der Waals surface area contributed by atoms with Gasteiger partial charge in [0.1, 0.15) is 5.82 Å². The normalized spacial score (nSPS) is 15.9. The van der Waals surface area contributed by atoms with Gasteiger partial charge in [0.25, 0.3) is 5.95 Å². The van der Waals surface area contributed by atoms with E-state index in [0.29, 0.717) is 48.9 Å². The predicted molar refractivity (Wildman–Crippen MR) is 145 cm³/mol. The summed E-state index contributed by atoms with van der Waals surface area (Å²) in [6, 6.07) is 3.43. The van der Waals surface area contributed by atoms with Crippen molar-refractivity contribution in [2.75, 3.05) is 29.5 Å². The van der Waals surface area contributed by atoms with Gasteiger partial charge < -0.3 is 14.5 Å². The number of nitrogens with zero attached hydrogens (tertiary/aromatic N) is 9. The van der Waals surface area contributed by atoms with Gasteiger partial charge in [-0.3, -0.25) is 4.68 Å². The highest BCUT2D eigenvalue weighted by atomic mass is 19.4. The molecule has 1 aromatic carbocycles. The molecule has 10 nitrogen and oxygen atoms in total. The highest BCUT2D eigenvalue weighted by Gasteiger charge is 2.37. The van der Waals surface area contributed by atoms with E-state index in [9.17, 15) is 26.3 Å². The molecule has 1 fully saturated rings. The van der Waals surface area contributed by atoms with Crippen molar-refractivity contribution in [1.82, 2.24) is 35.0 Å². The van der Waals surface area contributed by atoms with Gasteiger partial charge in [0.15, 0.2) is 5.65 Å². The molecule has 232 valence electrons. The molecule has 43 heavy (non-hydrogen) atoms. The number of pyridine rings is 1. The Morgan fingerprint density at radius 3 is 2.21 bits per heavy atom. The number of likely N-dealkylation sites (N-methyl/N-ethyl adjacent to an activating group) is 1. The summed E-state index contributed by atoms with van der Waals surface area (Å²) >= 11 is 0. The minimum atomic E-state index is -4.98. The van der Waals surface area contributed by atoms with E-state index in [1.807, 2.05) is 19.9 Å². The summed E-state index contributed by atoms with van der Waals surface area (Å²) in [5, 5.41) is 17.3. The van der Waals surface area contributed by atoms with Crippen LogP contribution in [0.1, 0.15) is 47.7 Å². The topological polar surface area (TPSA) is 90.0 Å².